The third kappa shape index (κ3) is 6.74. The first-order chi connectivity index (χ1) is 19.9. The molecule has 1 aliphatic rings. The number of para-hydroxylation sites is 2. The average molecular weight is 549 g/mol. The van der Waals surface area contributed by atoms with Crippen molar-refractivity contribution >= 4 is 23.7 Å². The van der Waals surface area contributed by atoms with E-state index in [9.17, 15) is 20.1 Å². The first kappa shape index (κ1) is 29.3. The van der Waals surface area contributed by atoms with Gasteiger partial charge in [-0.15, -0.1) is 0 Å². The fraction of sp³-hybridized carbons (Fsp3) is 0.333. The first-order valence-electron chi connectivity index (χ1n) is 14.0. The summed E-state index contributed by atoms with van der Waals surface area (Å²) >= 11 is 0. The van der Waals surface area contributed by atoms with Crippen molar-refractivity contribution in [3.8, 4) is 12.1 Å². The number of nitriles is 2. The van der Waals surface area contributed by atoms with Crippen molar-refractivity contribution in [3.05, 3.63) is 94.0 Å². The summed E-state index contributed by atoms with van der Waals surface area (Å²) in [5.74, 6) is 0.0280. The molecule has 1 heterocycles. The molecule has 41 heavy (non-hydrogen) atoms. The van der Waals surface area contributed by atoms with Gasteiger partial charge in [-0.2, -0.15) is 10.5 Å². The first-order valence-corrected chi connectivity index (χ1v) is 14.0. The summed E-state index contributed by atoms with van der Waals surface area (Å²) in [5, 5.41) is 18.9. The van der Waals surface area contributed by atoms with Gasteiger partial charge in [0.05, 0.1) is 22.5 Å². The zero-order valence-corrected chi connectivity index (χ0v) is 24.0. The molecule has 0 aromatic heterocycles. The van der Waals surface area contributed by atoms with Crippen molar-refractivity contribution in [2.75, 3.05) is 55.6 Å². The third-order valence-electron chi connectivity index (χ3n) is 7.80. The summed E-state index contributed by atoms with van der Waals surface area (Å²) in [7, 11) is 0. The van der Waals surface area contributed by atoms with Gasteiger partial charge in [0.1, 0.15) is 12.1 Å². The van der Waals surface area contributed by atoms with E-state index in [1.165, 1.54) is 0 Å². The maximum absolute atomic E-state index is 13.6. The molecule has 4 rings (SSSR count). The molecule has 8 nitrogen and oxygen atoms in total. The fourth-order valence-corrected chi connectivity index (χ4v) is 5.35. The van der Waals surface area contributed by atoms with Gasteiger partial charge in [-0.3, -0.25) is 14.5 Å². The van der Waals surface area contributed by atoms with Gasteiger partial charge in [0.2, 0.25) is 6.41 Å². The Bertz CT molecular complexity index is 1480. The molecule has 1 saturated heterocycles. The van der Waals surface area contributed by atoms with Gasteiger partial charge >= 0.3 is 0 Å². The minimum absolute atomic E-state index is 0.0280. The van der Waals surface area contributed by atoms with Crippen molar-refractivity contribution in [1.29, 1.82) is 10.5 Å². The number of hydrogen-bond acceptors (Lipinski definition) is 6. The molecule has 0 bridgehead atoms. The average Bonchev–Trinajstić information content (AvgIpc) is 3.01. The van der Waals surface area contributed by atoms with E-state index in [-0.39, 0.29) is 5.91 Å². The van der Waals surface area contributed by atoms with E-state index >= 15 is 0 Å². The molecule has 1 aliphatic heterocycles. The van der Waals surface area contributed by atoms with E-state index in [1.807, 2.05) is 48.2 Å². The van der Waals surface area contributed by atoms with Crippen molar-refractivity contribution < 1.29 is 9.59 Å². The highest BCUT2D eigenvalue weighted by Crippen LogP contribution is 2.24. The minimum atomic E-state index is 0.0280. The summed E-state index contributed by atoms with van der Waals surface area (Å²) in [6.45, 7) is 11.2. The number of aryl methyl sites for hydroxylation is 2. The Hall–Kier alpha value is -4.66. The van der Waals surface area contributed by atoms with Crippen LogP contribution in [0.5, 0.6) is 0 Å². The van der Waals surface area contributed by atoms with Gasteiger partial charge in [0.15, 0.2) is 0 Å². The third-order valence-corrected chi connectivity index (χ3v) is 7.80. The molecule has 0 unspecified atom stereocenters. The van der Waals surface area contributed by atoms with Crippen molar-refractivity contribution in [1.82, 2.24) is 9.80 Å². The molecule has 0 radical (unpaired) electrons. The number of hydrogen-bond donors (Lipinski definition) is 0. The molecule has 0 atom stereocenters. The Morgan fingerprint density at radius 3 is 2.22 bits per heavy atom. The van der Waals surface area contributed by atoms with Crippen LogP contribution in [0.15, 0.2) is 60.7 Å². The lowest BCUT2D eigenvalue weighted by Crippen LogP contribution is -2.49. The van der Waals surface area contributed by atoms with Crippen LogP contribution in [0.1, 0.15) is 45.1 Å². The van der Waals surface area contributed by atoms with Crippen LogP contribution in [0.4, 0.5) is 11.4 Å². The second-order valence-corrected chi connectivity index (χ2v) is 10.3. The van der Waals surface area contributed by atoms with E-state index in [2.05, 4.69) is 41.9 Å². The Balaban J connectivity index is 1.43. The number of piperazine rings is 1. The van der Waals surface area contributed by atoms with E-state index in [0.29, 0.717) is 68.2 Å². The van der Waals surface area contributed by atoms with E-state index in [1.54, 1.807) is 23.1 Å². The standard InChI is InChI=1S/C33H36N6O2/c1-4-36(13-14-39(24-40)32-12-8-6-10-28(32)22-35)23-29-20-30(26(3)19-25(29)2)33(41)38-17-15-37(16-18-38)31-11-7-5-9-27(31)21-34/h5-12,19-20,24H,4,13-18,23H2,1-3H3. The van der Waals surface area contributed by atoms with Crippen molar-refractivity contribution in [2.24, 2.45) is 0 Å². The molecule has 0 aliphatic carbocycles. The van der Waals surface area contributed by atoms with Crippen LogP contribution in [-0.2, 0) is 11.3 Å². The van der Waals surface area contributed by atoms with Crippen molar-refractivity contribution in [3.63, 3.8) is 0 Å². The summed E-state index contributed by atoms with van der Waals surface area (Å²) < 4.78 is 0. The quantitative estimate of drug-likeness (QED) is 0.347. The highest BCUT2D eigenvalue weighted by Gasteiger charge is 2.25. The van der Waals surface area contributed by atoms with Gasteiger partial charge in [0, 0.05) is 51.4 Å². The lowest BCUT2D eigenvalue weighted by molar-refractivity contribution is -0.107. The Morgan fingerprint density at radius 2 is 1.56 bits per heavy atom. The van der Waals surface area contributed by atoms with Crippen LogP contribution in [0.2, 0.25) is 0 Å². The Kier molecular flexibility index (Phi) is 9.73. The SMILES string of the molecule is CCN(CCN(C=O)c1ccccc1C#N)Cc1cc(C(=O)N2CCN(c3ccccc3C#N)CC2)c(C)cc1C. The summed E-state index contributed by atoms with van der Waals surface area (Å²) in [6, 6.07) is 23.2. The second-order valence-electron chi connectivity index (χ2n) is 10.3. The molecular weight excluding hydrogens is 512 g/mol. The van der Waals surface area contributed by atoms with Crippen LogP contribution < -0.4 is 9.80 Å². The zero-order chi connectivity index (χ0) is 29.4. The molecule has 3 aromatic rings. The Morgan fingerprint density at radius 1 is 0.902 bits per heavy atom. The number of benzene rings is 3. The Labute approximate surface area is 242 Å². The number of carbonyl (C=O) groups is 2. The maximum atomic E-state index is 13.6. The van der Waals surface area contributed by atoms with Crippen LogP contribution in [0.25, 0.3) is 0 Å². The number of anilines is 2. The highest BCUT2D eigenvalue weighted by atomic mass is 16.2. The summed E-state index contributed by atoms with van der Waals surface area (Å²) in [4.78, 5) is 33.4. The molecule has 1 fully saturated rings. The number of amides is 2. The van der Waals surface area contributed by atoms with E-state index in [0.717, 1.165) is 35.3 Å². The van der Waals surface area contributed by atoms with Crippen LogP contribution >= 0.6 is 0 Å². The van der Waals surface area contributed by atoms with E-state index < -0.39 is 0 Å². The largest absolute Gasteiger partial charge is 0.367 e. The van der Waals surface area contributed by atoms with Crippen LogP contribution in [0, 0.1) is 36.5 Å². The normalized spacial score (nSPS) is 13.0. The van der Waals surface area contributed by atoms with Gasteiger partial charge in [-0.05, 0) is 67.4 Å². The molecule has 8 heteroatoms. The highest BCUT2D eigenvalue weighted by molar-refractivity contribution is 5.96. The molecule has 3 aromatic carbocycles. The van der Waals surface area contributed by atoms with Gasteiger partial charge in [-0.25, -0.2) is 0 Å². The van der Waals surface area contributed by atoms with Crippen LogP contribution in [-0.4, -0.2) is 67.9 Å². The van der Waals surface area contributed by atoms with E-state index in [4.69, 9.17) is 0 Å². The number of rotatable bonds is 10. The monoisotopic (exact) mass is 548 g/mol. The summed E-state index contributed by atoms with van der Waals surface area (Å²) in [5.41, 5.74) is 6.51. The lowest BCUT2D eigenvalue weighted by Gasteiger charge is -2.36. The number of carbonyl (C=O) groups excluding carboxylic acids is 2. The fourth-order valence-electron chi connectivity index (χ4n) is 5.35. The summed E-state index contributed by atoms with van der Waals surface area (Å²) in [6.07, 6.45) is 0.774. The van der Waals surface area contributed by atoms with Gasteiger partial charge < -0.3 is 14.7 Å². The van der Waals surface area contributed by atoms with Gasteiger partial charge in [0.25, 0.3) is 5.91 Å². The molecule has 0 N–H and O–H groups in total. The topological polar surface area (TPSA) is 94.7 Å². The predicted octanol–water partition coefficient (Wildman–Crippen LogP) is 4.49. The minimum Gasteiger partial charge on any atom is -0.367 e. The maximum Gasteiger partial charge on any atom is 0.254 e. The molecule has 2 amide bonds. The zero-order valence-electron chi connectivity index (χ0n) is 24.0. The van der Waals surface area contributed by atoms with Crippen molar-refractivity contribution in [2.45, 2.75) is 27.3 Å². The van der Waals surface area contributed by atoms with Crippen LogP contribution in [0.3, 0.4) is 0 Å². The smallest absolute Gasteiger partial charge is 0.254 e. The molecule has 210 valence electrons. The number of likely N-dealkylation sites (N-methyl/N-ethyl adjacent to an activating group) is 1. The second kappa shape index (κ2) is 13.6. The van der Waals surface area contributed by atoms with Gasteiger partial charge in [-0.1, -0.05) is 37.3 Å². The molecule has 0 spiro atoms. The molecule has 0 saturated carbocycles. The number of nitrogens with zero attached hydrogens (tertiary/aromatic N) is 6. The predicted molar refractivity (Wildman–Crippen MR) is 161 cm³/mol. The lowest BCUT2D eigenvalue weighted by atomic mass is 9.98. The molecular formula is C33H36N6O2.